The number of hydrogen-bond donors (Lipinski definition) is 3. The minimum absolute atomic E-state index is 0.254. The molecule has 5 rings (SSSR count). The second-order valence-corrected chi connectivity index (χ2v) is 7.64. The average molecular weight is 404 g/mol. The highest BCUT2D eigenvalue weighted by Crippen LogP contribution is 2.42. The lowest BCUT2D eigenvalue weighted by molar-refractivity contribution is -0.138. The summed E-state index contributed by atoms with van der Waals surface area (Å²) in [5.41, 5.74) is 2.41. The van der Waals surface area contributed by atoms with Gasteiger partial charge in [0.05, 0.1) is 6.20 Å². The van der Waals surface area contributed by atoms with Gasteiger partial charge in [-0.3, -0.25) is 14.5 Å². The van der Waals surface area contributed by atoms with Gasteiger partial charge in [0.1, 0.15) is 5.69 Å². The number of amides is 1. The van der Waals surface area contributed by atoms with Crippen LogP contribution in [0.5, 0.6) is 0 Å². The number of hydrogen-bond acceptors (Lipinski definition) is 7. The van der Waals surface area contributed by atoms with E-state index in [0.29, 0.717) is 34.2 Å². The Morgan fingerprint density at radius 3 is 2.87 bits per heavy atom. The first-order valence-corrected chi connectivity index (χ1v) is 9.52. The van der Waals surface area contributed by atoms with Crippen LogP contribution in [-0.4, -0.2) is 40.4 Å². The highest BCUT2D eigenvalue weighted by molar-refractivity contribution is 6.05. The van der Waals surface area contributed by atoms with Crippen LogP contribution in [0.25, 0.3) is 16.9 Å². The van der Waals surface area contributed by atoms with E-state index >= 15 is 0 Å². The van der Waals surface area contributed by atoms with Crippen LogP contribution >= 0.6 is 0 Å². The standard InChI is InChI=1S/C20H20N8O2/c1-11(2)20(30)14-5-4-13(8-15(14)24-18(20)29)23-19-25-17-16(12-9-22-27(3)10-12)21-6-7-28(17)26-19/h4-11,30H,1-3H3,(H,23,26)(H,24,29). The molecule has 0 bridgehead atoms. The quantitative estimate of drug-likeness (QED) is 0.476. The maximum absolute atomic E-state index is 12.3. The molecule has 10 heteroatoms. The van der Waals surface area contributed by atoms with Crippen molar-refractivity contribution in [2.75, 3.05) is 10.6 Å². The van der Waals surface area contributed by atoms with Crippen LogP contribution < -0.4 is 10.6 Å². The normalized spacial score (nSPS) is 18.1. The van der Waals surface area contributed by atoms with E-state index in [1.165, 1.54) is 0 Å². The smallest absolute Gasteiger partial charge is 0.261 e. The first-order chi connectivity index (χ1) is 14.4. The number of aliphatic hydroxyl groups is 1. The van der Waals surface area contributed by atoms with Crippen molar-refractivity contribution in [3.05, 3.63) is 48.5 Å². The average Bonchev–Trinajstić information content (AvgIpc) is 3.38. The number of aryl methyl sites for hydroxylation is 1. The van der Waals surface area contributed by atoms with Gasteiger partial charge >= 0.3 is 0 Å². The summed E-state index contributed by atoms with van der Waals surface area (Å²) in [4.78, 5) is 21.3. The second kappa shape index (κ2) is 6.36. The molecule has 3 N–H and O–H groups in total. The highest BCUT2D eigenvalue weighted by atomic mass is 16.3. The second-order valence-electron chi connectivity index (χ2n) is 7.64. The summed E-state index contributed by atoms with van der Waals surface area (Å²) < 4.78 is 3.34. The minimum Gasteiger partial charge on any atom is -0.375 e. The lowest BCUT2D eigenvalue weighted by Crippen LogP contribution is -2.39. The van der Waals surface area contributed by atoms with E-state index in [4.69, 9.17) is 0 Å². The number of carbonyl (C=O) groups is 1. The van der Waals surface area contributed by atoms with Crippen molar-refractivity contribution >= 4 is 28.9 Å². The summed E-state index contributed by atoms with van der Waals surface area (Å²) in [6.45, 7) is 3.63. The van der Waals surface area contributed by atoms with Crippen LogP contribution in [0.4, 0.5) is 17.3 Å². The Bertz CT molecular complexity index is 1290. The van der Waals surface area contributed by atoms with E-state index in [1.54, 1.807) is 46.0 Å². The van der Waals surface area contributed by atoms with Crippen LogP contribution in [0.2, 0.25) is 0 Å². The summed E-state index contributed by atoms with van der Waals surface area (Å²) in [7, 11) is 1.84. The Balaban J connectivity index is 1.49. The fraction of sp³-hybridized carbons (Fsp3) is 0.250. The van der Waals surface area contributed by atoms with Crippen molar-refractivity contribution in [1.29, 1.82) is 0 Å². The molecule has 3 aromatic heterocycles. The molecule has 0 aliphatic carbocycles. The molecular formula is C20H20N8O2. The van der Waals surface area contributed by atoms with Crippen molar-refractivity contribution in [1.82, 2.24) is 29.4 Å². The number of carbonyl (C=O) groups excluding carboxylic acids is 1. The fourth-order valence-electron chi connectivity index (χ4n) is 3.72. The third-order valence-corrected chi connectivity index (χ3v) is 5.35. The lowest BCUT2D eigenvalue weighted by Gasteiger charge is -2.25. The number of aromatic nitrogens is 6. The molecular weight excluding hydrogens is 384 g/mol. The predicted octanol–water partition coefficient (Wildman–Crippen LogP) is 2.06. The molecule has 1 aliphatic rings. The summed E-state index contributed by atoms with van der Waals surface area (Å²) in [5, 5.41) is 25.4. The van der Waals surface area contributed by atoms with Gasteiger partial charge in [0.15, 0.2) is 11.2 Å². The van der Waals surface area contributed by atoms with Crippen molar-refractivity contribution in [2.24, 2.45) is 13.0 Å². The van der Waals surface area contributed by atoms with E-state index in [2.05, 4.69) is 30.8 Å². The van der Waals surface area contributed by atoms with Gasteiger partial charge in [-0.05, 0) is 18.1 Å². The maximum atomic E-state index is 12.3. The summed E-state index contributed by atoms with van der Waals surface area (Å²) in [6.07, 6.45) is 6.97. The molecule has 0 radical (unpaired) electrons. The van der Waals surface area contributed by atoms with Crippen LogP contribution in [-0.2, 0) is 17.4 Å². The molecule has 0 saturated carbocycles. The van der Waals surface area contributed by atoms with Crippen molar-refractivity contribution in [3.63, 3.8) is 0 Å². The Morgan fingerprint density at radius 2 is 2.13 bits per heavy atom. The summed E-state index contributed by atoms with van der Waals surface area (Å²) in [6, 6.07) is 5.30. The molecule has 1 unspecified atom stereocenters. The highest BCUT2D eigenvalue weighted by Gasteiger charge is 2.47. The van der Waals surface area contributed by atoms with Gasteiger partial charge in [-0.15, -0.1) is 5.10 Å². The van der Waals surface area contributed by atoms with Gasteiger partial charge in [-0.2, -0.15) is 10.1 Å². The van der Waals surface area contributed by atoms with Gasteiger partial charge in [0, 0.05) is 48.1 Å². The van der Waals surface area contributed by atoms with E-state index < -0.39 is 11.5 Å². The first-order valence-electron chi connectivity index (χ1n) is 9.52. The molecule has 1 aromatic carbocycles. The Labute approximate surface area is 171 Å². The van der Waals surface area contributed by atoms with Gasteiger partial charge in [0.25, 0.3) is 5.91 Å². The Hall–Kier alpha value is -3.79. The molecule has 30 heavy (non-hydrogen) atoms. The third kappa shape index (κ3) is 2.65. The molecule has 4 aromatic rings. The van der Waals surface area contributed by atoms with E-state index in [-0.39, 0.29) is 5.92 Å². The molecule has 1 amide bonds. The molecule has 0 spiro atoms. The SMILES string of the molecule is CC(C)C1(O)C(=O)Nc2cc(Nc3nc4c(-c5cnn(C)c5)nccn4n3)ccc21. The molecule has 4 heterocycles. The van der Waals surface area contributed by atoms with Crippen LogP contribution in [0, 0.1) is 5.92 Å². The van der Waals surface area contributed by atoms with E-state index in [9.17, 15) is 9.90 Å². The largest absolute Gasteiger partial charge is 0.375 e. The number of benzene rings is 1. The van der Waals surface area contributed by atoms with Crippen molar-refractivity contribution < 1.29 is 9.90 Å². The summed E-state index contributed by atoms with van der Waals surface area (Å²) in [5.74, 6) is -0.282. The number of nitrogens with one attached hydrogen (secondary N) is 2. The van der Waals surface area contributed by atoms with Crippen LogP contribution in [0.15, 0.2) is 43.0 Å². The van der Waals surface area contributed by atoms with Crippen LogP contribution in [0.1, 0.15) is 19.4 Å². The number of rotatable bonds is 4. The van der Waals surface area contributed by atoms with E-state index in [0.717, 1.165) is 5.56 Å². The molecule has 152 valence electrons. The number of nitrogens with zero attached hydrogens (tertiary/aromatic N) is 6. The molecule has 0 saturated heterocycles. The van der Waals surface area contributed by atoms with Gasteiger partial charge < -0.3 is 15.7 Å². The maximum Gasteiger partial charge on any atom is 0.261 e. The van der Waals surface area contributed by atoms with E-state index in [1.807, 2.05) is 27.1 Å². The first kappa shape index (κ1) is 18.3. The summed E-state index contributed by atoms with van der Waals surface area (Å²) >= 11 is 0. The molecule has 10 nitrogen and oxygen atoms in total. The van der Waals surface area contributed by atoms with Crippen LogP contribution in [0.3, 0.4) is 0 Å². The lowest BCUT2D eigenvalue weighted by atomic mass is 9.84. The Morgan fingerprint density at radius 1 is 1.30 bits per heavy atom. The zero-order valence-corrected chi connectivity index (χ0v) is 16.7. The van der Waals surface area contributed by atoms with Gasteiger partial charge in [-0.1, -0.05) is 19.9 Å². The number of anilines is 3. The molecule has 1 aliphatic heterocycles. The fourth-order valence-corrected chi connectivity index (χ4v) is 3.72. The zero-order chi connectivity index (χ0) is 21.0. The molecule has 0 fully saturated rings. The topological polar surface area (TPSA) is 122 Å². The van der Waals surface area contributed by atoms with Crippen molar-refractivity contribution in [2.45, 2.75) is 19.4 Å². The number of fused-ring (bicyclic) bond motifs is 2. The molecule has 1 atom stereocenters. The zero-order valence-electron chi connectivity index (χ0n) is 16.7. The van der Waals surface area contributed by atoms with Gasteiger partial charge in [-0.25, -0.2) is 4.52 Å². The third-order valence-electron chi connectivity index (χ3n) is 5.35. The minimum atomic E-state index is -1.53. The monoisotopic (exact) mass is 404 g/mol. The predicted molar refractivity (Wildman–Crippen MR) is 110 cm³/mol. The van der Waals surface area contributed by atoms with Gasteiger partial charge in [0.2, 0.25) is 5.95 Å². The Kier molecular flexibility index (Phi) is 3.87. The van der Waals surface area contributed by atoms with Crippen molar-refractivity contribution in [3.8, 4) is 11.3 Å².